The molecule has 0 aliphatic carbocycles. The number of hydrogen-bond donors (Lipinski definition) is 1. The summed E-state index contributed by atoms with van der Waals surface area (Å²) in [6.07, 6.45) is 6.86. The number of anilines is 1. The number of rotatable bonds is 6. The predicted octanol–water partition coefficient (Wildman–Crippen LogP) is 1.79. The monoisotopic (exact) mass is 375 g/mol. The molecule has 1 aromatic carbocycles. The van der Waals surface area contributed by atoms with Gasteiger partial charge in [-0.25, -0.2) is 19.6 Å². The summed E-state index contributed by atoms with van der Waals surface area (Å²) in [5.41, 5.74) is 1.17. The first-order valence-corrected chi connectivity index (χ1v) is 8.76. The van der Waals surface area contributed by atoms with Gasteiger partial charge in [-0.3, -0.25) is 14.2 Å². The summed E-state index contributed by atoms with van der Waals surface area (Å²) >= 11 is 0. The molecular weight excluding hydrogens is 358 g/mol. The molecular formula is C19H17N7O2. The average molecular weight is 375 g/mol. The van der Waals surface area contributed by atoms with Gasteiger partial charge in [-0.1, -0.05) is 12.1 Å². The van der Waals surface area contributed by atoms with E-state index in [4.69, 9.17) is 0 Å². The Morgan fingerprint density at radius 3 is 2.75 bits per heavy atom. The van der Waals surface area contributed by atoms with Crippen molar-refractivity contribution in [1.29, 1.82) is 0 Å². The van der Waals surface area contributed by atoms with Crippen LogP contribution in [0.2, 0.25) is 0 Å². The molecule has 0 atom stereocenters. The van der Waals surface area contributed by atoms with Crippen LogP contribution in [0.15, 0.2) is 66.4 Å². The minimum atomic E-state index is -0.142. The highest BCUT2D eigenvalue weighted by Crippen LogP contribution is 2.10. The molecule has 0 spiro atoms. The van der Waals surface area contributed by atoms with Gasteiger partial charge >= 0.3 is 0 Å². The van der Waals surface area contributed by atoms with Crippen molar-refractivity contribution in [3.63, 3.8) is 0 Å². The van der Waals surface area contributed by atoms with Gasteiger partial charge in [0.1, 0.15) is 12.7 Å². The largest absolute Gasteiger partial charge is 0.325 e. The first-order valence-electron chi connectivity index (χ1n) is 8.76. The zero-order valence-corrected chi connectivity index (χ0v) is 14.9. The molecule has 3 aromatic heterocycles. The van der Waals surface area contributed by atoms with E-state index >= 15 is 0 Å². The predicted molar refractivity (Wildman–Crippen MR) is 103 cm³/mol. The second-order valence-corrected chi connectivity index (χ2v) is 6.16. The van der Waals surface area contributed by atoms with Gasteiger partial charge in [-0.15, -0.1) is 0 Å². The summed E-state index contributed by atoms with van der Waals surface area (Å²) in [5, 5.41) is 7.37. The number of para-hydroxylation sites is 1. The molecule has 0 saturated heterocycles. The third-order valence-electron chi connectivity index (χ3n) is 4.22. The maximum Gasteiger partial charge on any atom is 0.261 e. The molecule has 140 valence electrons. The second-order valence-electron chi connectivity index (χ2n) is 6.16. The number of aryl methyl sites for hydroxylation is 1. The van der Waals surface area contributed by atoms with Gasteiger partial charge in [0.2, 0.25) is 5.91 Å². The molecule has 0 fully saturated rings. The van der Waals surface area contributed by atoms with E-state index in [1.807, 2.05) is 12.1 Å². The highest BCUT2D eigenvalue weighted by atomic mass is 16.1. The standard InChI is InChI=1S/C19H17N7O2/c27-18(24-14-7-8-17(21-10-14)26-12-20-11-23-26)6-3-9-25-13-22-16-5-2-1-4-15(16)19(25)28/h1-2,4-5,7-8,10-13H,3,6,9H2,(H,24,27). The molecule has 0 saturated carbocycles. The van der Waals surface area contributed by atoms with Crippen LogP contribution in [0.25, 0.3) is 16.7 Å². The Morgan fingerprint density at radius 2 is 1.96 bits per heavy atom. The molecule has 0 radical (unpaired) electrons. The average Bonchev–Trinajstić information content (AvgIpc) is 3.25. The summed E-state index contributed by atoms with van der Waals surface area (Å²) in [6, 6.07) is 10.7. The van der Waals surface area contributed by atoms with Crippen molar-refractivity contribution < 1.29 is 4.79 Å². The van der Waals surface area contributed by atoms with E-state index in [1.54, 1.807) is 36.8 Å². The Hall–Kier alpha value is -3.88. The molecule has 1 N–H and O–H groups in total. The Morgan fingerprint density at radius 1 is 1.07 bits per heavy atom. The fourth-order valence-electron chi connectivity index (χ4n) is 2.82. The van der Waals surface area contributed by atoms with Crippen molar-refractivity contribution in [2.75, 3.05) is 5.32 Å². The van der Waals surface area contributed by atoms with Gasteiger partial charge in [0, 0.05) is 13.0 Å². The molecule has 4 rings (SSSR count). The van der Waals surface area contributed by atoms with Crippen molar-refractivity contribution in [2.24, 2.45) is 0 Å². The Bertz CT molecular complexity index is 1150. The minimum Gasteiger partial charge on any atom is -0.325 e. The Kier molecular flexibility index (Phi) is 4.87. The van der Waals surface area contributed by atoms with Gasteiger partial charge in [0.05, 0.1) is 29.1 Å². The number of nitrogens with one attached hydrogen (secondary N) is 1. The fraction of sp³-hybridized carbons (Fsp3) is 0.158. The van der Waals surface area contributed by atoms with Gasteiger partial charge in [-0.2, -0.15) is 5.10 Å². The topological polar surface area (TPSA) is 108 Å². The van der Waals surface area contributed by atoms with Crippen molar-refractivity contribution in [3.05, 3.63) is 71.9 Å². The van der Waals surface area contributed by atoms with Crippen molar-refractivity contribution >= 4 is 22.5 Å². The van der Waals surface area contributed by atoms with Gasteiger partial charge < -0.3 is 5.32 Å². The molecule has 4 aromatic rings. The zero-order chi connectivity index (χ0) is 19.3. The summed E-state index contributed by atoms with van der Waals surface area (Å²) in [5.74, 6) is 0.468. The van der Waals surface area contributed by atoms with E-state index in [1.165, 1.54) is 21.9 Å². The quantitative estimate of drug-likeness (QED) is 0.550. The normalized spacial score (nSPS) is 10.9. The van der Waals surface area contributed by atoms with Crippen LogP contribution in [-0.4, -0.2) is 35.2 Å². The Balaban J connectivity index is 1.32. The number of fused-ring (bicyclic) bond motifs is 1. The molecule has 0 aliphatic heterocycles. The number of hydrogen-bond acceptors (Lipinski definition) is 6. The summed E-state index contributed by atoms with van der Waals surface area (Å²) in [6.45, 7) is 0.424. The molecule has 0 aliphatic rings. The molecule has 9 heteroatoms. The van der Waals surface area contributed by atoms with Crippen LogP contribution in [0.4, 0.5) is 5.69 Å². The lowest BCUT2D eigenvalue weighted by Crippen LogP contribution is -2.21. The molecule has 28 heavy (non-hydrogen) atoms. The van der Waals surface area contributed by atoms with Crippen molar-refractivity contribution in [2.45, 2.75) is 19.4 Å². The maximum absolute atomic E-state index is 12.4. The first-order chi connectivity index (χ1) is 13.7. The smallest absolute Gasteiger partial charge is 0.261 e. The van der Waals surface area contributed by atoms with Crippen LogP contribution < -0.4 is 10.9 Å². The van der Waals surface area contributed by atoms with Crippen LogP contribution in [-0.2, 0) is 11.3 Å². The van der Waals surface area contributed by atoms with Gasteiger partial charge in [0.15, 0.2) is 5.82 Å². The number of carbonyl (C=O) groups excluding carboxylic acids is 1. The first kappa shape index (κ1) is 17.5. The fourth-order valence-corrected chi connectivity index (χ4v) is 2.82. The number of benzene rings is 1. The zero-order valence-electron chi connectivity index (χ0n) is 14.9. The Labute approximate surface area is 159 Å². The van der Waals surface area contributed by atoms with E-state index in [2.05, 4.69) is 25.4 Å². The number of pyridine rings is 1. The number of amides is 1. The molecule has 1 amide bonds. The van der Waals surface area contributed by atoms with Crippen LogP contribution in [0, 0.1) is 0 Å². The van der Waals surface area contributed by atoms with E-state index < -0.39 is 0 Å². The van der Waals surface area contributed by atoms with Crippen LogP contribution in [0.3, 0.4) is 0 Å². The molecule has 0 unspecified atom stereocenters. The second kappa shape index (κ2) is 7.78. The highest BCUT2D eigenvalue weighted by Gasteiger charge is 2.07. The van der Waals surface area contributed by atoms with Crippen molar-refractivity contribution in [3.8, 4) is 5.82 Å². The van der Waals surface area contributed by atoms with Crippen LogP contribution >= 0.6 is 0 Å². The highest BCUT2D eigenvalue weighted by molar-refractivity contribution is 5.90. The number of carbonyl (C=O) groups is 1. The summed E-state index contributed by atoms with van der Waals surface area (Å²) < 4.78 is 3.06. The summed E-state index contributed by atoms with van der Waals surface area (Å²) in [4.78, 5) is 36.9. The van der Waals surface area contributed by atoms with E-state index in [0.29, 0.717) is 35.4 Å². The molecule has 9 nitrogen and oxygen atoms in total. The molecule has 3 heterocycles. The lowest BCUT2D eigenvalue weighted by molar-refractivity contribution is -0.116. The maximum atomic E-state index is 12.4. The lowest BCUT2D eigenvalue weighted by Gasteiger charge is -2.08. The summed E-state index contributed by atoms with van der Waals surface area (Å²) in [7, 11) is 0. The van der Waals surface area contributed by atoms with E-state index in [-0.39, 0.29) is 17.9 Å². The van der Waals surface area contributed by atoms with Crippen molar-refractivity contribution in [1.82, 2.24) is 29.3 Å². The third-order valence-corrected chi connectivity index (χ3v) is 4.22. The third kappa shape index (κ3) is 3.78. The molecule has 0 bridgehead atoms. The number of aromatic nitrogens is 6. The van der Waals surface area contributed by atoms with Crippen LogP contribution in [0.1, 0.15) is 12.8 Å². The number of nitrogens with zero attached hydrogens (tertiary/aromatic N) is 6. The van der Waals surface area contributed by atoms with Gasteiger partial charge in [-0.05, 0) is 30.7 Å². The van der Waals surface area contributed by atoms with E-state index in [9.17, 15) is 9.59 Å². The SMILES string of the molecule is O=C(CCCn1cnc2ccccc2c1=O)Nc1ccc(-n2cncn2)nc1. The van der Waals surface area contributed by atoms with Gasteiger partial charge in [0.25, 0.3) is 5.56 Å². The van der Waals surface area contributed by atoms with Crippen LogP contribution in [0.5, 0.6) is 0 Å². The minimum absolute atomic E-state index is 0.0982. The van der Waals surface area contributed by atoms with E-state index in [0.717, 1.165) is 0 Å². The lowest BCUT2D eigenvalue weighted by atomic mass is 10.2.